The quantitative estimate of drug-likeness (QED) is 0.897. The number of rotatable bonds is 3. The number of benzene rings is 1. The van der Waals surface area contributed by atoms with E-state index in [1.54, 1.807) is 20.8 Å². The fraction of sp³-hybridized carbons (Fsp3) is 0.467. The molecule has 0 aliphatic carbocycles. The number of hydrogen-bond acceptors (Lipinski definition) is 2. The van der Waals surface area contributed by atoms with Crippen molar-refractivity contribution in [3.8, 4) is 0 Å². The highest BCUT2D eigenvalue weighted by Crippen LogP contribution is 2.33. The number of hydrogen-bond donors (Lipinski definition) is 1. The summed E-state index contributed by atoms with van der Waals surface area (Å²) in [7, 11) is 0. The zero-order valence-electron chi connectivity index (χ0n) is 13.2. The Labute approximate surface area is 137 Å². The molecule has 0 radical (unpaired) electrons. The first-order valence-electron chi connectivity index (χ1n) is 6.77. The van der Waals surface area contributed by atoms with Crippen LogP contribution in [0.2, 0.25) is 5.02 Å². The molecule has 0 bridgehead atoms. The average molecular weight is 351 g/mol. The second-order valence-corrected chi connectivity index (χ2v) is 6.42. The van der Waals surface area contributed by atoms with Gasteiger partial charge in [0, 0.05) is 12.5 Å². The normalized spacial score (nSPS) is 12.0. The van der Waals surface area contributed by atoms with Crippen LogP contribution in [0.25, 0.3) is 0 Å². The van der Waals surface area contributed by atoms with E-state index < -0.39 is 23.2 Å². The molecule has 0 aromatic heterocycles. The van der Waals surface area contributed by atoms with Gasteiger partial charge in [-0.15, -0.1) is 0 Å². The standard InChI is InChI=1S/C15H18ClF3N2O2/c1-9(22)21(14(2,3)4)8-13(23)20-12-7-10(15(17,18)19)5-6-11(12)16/h5-7H,8H2,1-4H3,(H,20,23). The number of nitrogens with zero attached hydrogens (tertiary/aromatic N) is 1. The topological polar surface area (TPSA) is 49.4 Å². The first-order chi connectivity index (χ1) is 10.3. The van der Waals surface area contributed by atoms with Gasteiger partial charge in [-0.05, 0) is 39.0 Å². The Bertz CT molecular complexity index is 610. The van der Waals surface area contributed by atoms with E-state index in [4.69, 9.17) is 11.6 Å². The maximum absolute atomic E-state index is 12.7. The monoisotopic (exact) mass is 350 g/mol. The van der Waals surface area contributed by atoms with Gasteiger partial charge in [0.25, 0.3) is 0 Å². The number of amides is 2. The summed E-state index contributed by atoms with van der Waals surface area (Å²) >= 11 is 5.82. The summed E-state index contributed by atoms with van der Waals surface area (Å²) in [6.07, 6.45) is -4.54. The van der Waals surface area contributed by atoms with Crippen LogP contribution in [0.4, 0.5) is 18.9 Å². The second-order valence-electron chi connectivity index (χ2n) is 6.02. The van der Waals surface area contributed by atoms with Crippen molar-refractivity contribution < 1.29 is 22.8 Å². The van der Waals surface area contributed by atoms with E-state index in [-0.39, 0.29) is 23.2 Å². The van der Waals surface area contributed by atoms with Crippen LogP contribution in [0.1, 0.15) is 33.3 Å². The van der Waals surface area contributed by atoms with Gasteiger partial charge in [0.1, 0.15) is 6.54 Å². The number of carbonyl (C=O) groups is 2. The van der Waals surface area contributed by atoms with Crippen molar-refractivity contribution in [3.05, 3.63) is 28.8 Å². The molecular formula is C15H18ClF3N2O2. The van der Waals surface area contributed by atoms with E-state index >= 15 is 0 Å². The first-order valence-corrected chi connectivity index (χ1v) is 7.15. The SMILES string of the molecule is CC(=O)N(CC(=O)Nc1cc(C(F)(F)F)ccc1Cl)C(C)(C)C. The third-order valence-electron chi connectivity index (χ3n) is 3.06. The molecule has 23 heavy (non-hydrogen) atoms. The van der Waals surface area contributed by atoms with Crippen molar-refractivity contribution in [2.24, 2.45) is 0 Å². The zero-order chi connectivity index (χ0) is 18.0. The molecule has 1 rings (SSSR count). The van der Waals surface area contributed by atoms with E-state index in [0.29, 0.717) is 0 Å². The molecule has 1 N–H and O–H groups in total. The van der Waals surface area contributed by atoms with Crippen molar-refractivity contribution in [2.45, 2.75) is 39.4 Å². The average Bonchev–Trinajstić information content (AvgIpc) is 2.35. The van der Waals surface area contributed by atoms with Crippen LogP contribution in [-0.4, -0.2) is 28.8 Å². The van der Waals surface area contributed by atoms with Gasteiger partial charge in [0.05, 0.1) is 16.3 Å². The molecule has 1 aromatic rings. The Balaban J connectivity index is 2.95. The summed E-state index contributed by atoms with van der Waals surface area (Å²) in [4.78, 5) is 25.0. The molecule has 4 nitrogen and oxygen atoms in total. The number of carbonyl (C=O) groups excluding carboxylic acids is 2. The molecule has 128 valence electrons. The maximum Gasteiger partial charge on any atom is 0.416 e. The lowest BCUT2D eigenvalue weighted by Crippen LogP contribution is -2.48. The number of alkyl halides is 3. The Morgan fingerprint density at radius 2 is 1.78 bits per heavy atom. The molecule has 0 atom stereocenters. The summed E-state index contributed by atoms with van der Waals surface area (Å²) in [5, 5.41) is 2.30. The smallest absolute Gasteiger partial charge is 0.329 e. The van der Waals surface area contributed by atoms with Crippen molar-refractivity contribution in [1.29, 1.82) is 0 Å². The third-order valence-corrected chi connectivity index (χ3v) is 3.39. The lowest BCUT2D eigenvalue weighted by atomic mass is 10.1. The Morgan fingerprint density at radius 3 is 2.22 bits per heavy atom. The van der Waals surface area contributed by atoms with Crippen LogP contribution in [-0.2, 0) is 15.8 Å². The highest BCUT2D eigenvalue weighted by Gasteiger charge is 2.31. The van der Waals surface area contributed by atoms with Crippen molar-refractivity contribution >= 4 is 29.1 Å². The Hall–Kier alpha value is -1.76. The van der Waals surface area contributed by atoms with Crippen LogP contribution >= 0.6 is 11.6 Å². The third kappa shape index (κ3) is 5.42. The highest BCUT2D eigenvalue weighted by atomic mass is 35.5. The molecule has 0 aliphatic rings. The fourth-order valence-corrected chi connectivity index (χ4v) is 2.12. The van der Waals surface area contributed by atoms with Gasteiger partial charge in [0.15, 0.2) is 0 Å². The molecule has 0 saturated carbocycles. The van der Waals surface area contributed by atoms with Crippen molar-refractivity contribution in [2.75, 3.05) is 11.9 Å². The van der Waals surface area contributed by atoms with Gasteiger partial charge < -0.3 is 10.2 Å². The van der Waals surface area contributed by atoms with Gasteiger partial charge in [-0.1, -0.05) is 11.6 Å². The van der Waals surface area contributed by atoms with Gasteiger partial charge >= 0.3 is 6.18 Å². The molecule has 0 fully saturated rings. The molecule has 0 heterocycles. The predicted octanol–water partition coefficient (Wildman–Crippen LogP) is 3.94. The van der Waals surface area contributed by atoms with Crippen LogP contribution in [0.5, 0.6) is 0 Å². The first kappa shape index (κ1) is 19.3. The molecule has 1 aromatic carbocycles. The summed E-state index contributed by atoms with van der Waals surface area (Å²) in [6, 6.07) is 2.65. The zero-order valence-corrected chi connectivity index (χ0v) is 14.0. The lowest BCUT2D eigenvalue weighted by molar-refractivity contribution is -0.137. The second kappa shape index (κ2) is 6.78. The summed E-state index contributed by atoms with van der Waals surface area (Å²) in [6.45, 7) is 6.28. The molecule has 0 spiro atoms. The molecule has 0 aliphatic heterocycles. The maximum atomic E-state index is 12.7. The summed E-state index contributed by atoms with van der Waals surface area (Å²) < 4.78 is 38.1. The van der Waals surface area contributed by atoms with Crippen molar-refractivity contribution in [3.63, 3.8) is 0 Å². The Morgan fingerprint density at radius 1 is 1.22 bits per heavy atom. The van der Waals surface area contributed by atoms with Gasteiger partial charge in [-0.2, -0.15) is 13.2 Å². The number of nitrogens with one attached hydrogen (secondary N) is 1. The van der Waals surface area contributed by atoms with Gasteiger partial charge in [-0.25, -0.2) is 0 Å². The van der Waals surface area contributed by atoms with E-state index in [1.807, 2.05) is 0 Å². The Kier molecular flexibility index (Phi) is 5.69. The van der Waals surface area contributed by atoms with Crippen LogP contribution in [0, 0.1) is 0 Å². The molecule has 0 unspecified atom stereocenters. The minimum atomic E-state index is -4.54. The largest absolute Gasteiger partial charge is 0.416 e. The fourth-order valence-electron chi connectivity index (χ4n) is 1.95. The molecular weight excluding hydrogens is 333 g/mol. The van der Waals surface area contributed by atoms with Gasteiger partial charge in [-0.3, -0.25) is 9.59 Å². The summed E-state index contributed by atoms with van der Waals surface area (Å²) in [5.41, 5.74) is -1.67. The predicted molar refractivity (Wildman–Crippen MR) is 82.2 cm³/mol. The lowest BCUT2D eigenvalue weighted by Gasteiger charge is -2.34. The minimum Gasteiger partial charge on any atom is -0.329 e. The van der Waals surface area contributed by atoms with Crippen LogP contribution in [0.3, 0.4) is 0 Å². The number of halogens is 4. The molecule has 2 amide bonds. The molecule has 0 saturated heterocycles. The summed E-state index contributed by atoms with van der Waals surface area (Å²) in [5.74, 6) is -0.945. The minimum absolute atomic E-state index is 0.0171. The van der Waals surface area contributed by atoms with E-state index in [1.165, 1.54) is 11.8 Å². The van der Waals surface area contributed by atoms with E-state index in [0.717, 1.165) is 18.2 Å². The van der Waals surface area contributed by atoms with E-state index in [9.17, 15) is 22.8 Å². The van der Waals surface area contributed by atoms with Gasteiger partial charge in [0.2, 0.25) is 11.8 Å². The highest BCUT2D eigenvalue weighted by molar-refractivity contribution is 6.33. The van der Waals surface area contributed by atoms with Crippen LogP contribution in [0.15, 0.2) is 18.2 Å². The van der Waals surface area contributed by atoms with Crippen LogP contribution < -0.4 is 5.32 Å². The van der Waals surface area contributed by atoms with Crippen molar-refractivity contribution in [1.82, 2.24) is 4.90 Å². The van der Waals surface area contributed by atoms with E-state index in [2.05, 4.69) is 5.32 Å². The molecule has 8 heteroatoms. The number of anilines is 1.